The first kappa shape index (κ1) is 23.1. The van der Waals surface area contributed by atoms with E-state index in [1.54, 1.807) is 12.1 Å². The number of methoxy groups -OCH3 is 1. The maximum atomic E-state index is 13.3. The van der Waals surface area contributed by atoms with Gasteiger partial charge < -0.3 is 15.4 Å². The molecule has 7 nitrogen and oxygen atoms in total. The van der Waals surface area contributed by atoms with Crippen molar-refractivity contribution in [2.75, 3.05) is 32.1 Å². The van der Waals surface area contributed by atoms with Gasteiger partial charge in [-0.3, -0.25) is 4.79 Å². The fourth-order valence-electron chi connectivity index (χ4n) is 3.76. The van der Waals surface area contributed by atoms with E-state index in [0.29, 0.717) is 18.7 Å². The van der Waals surface area contributed by atoms with E-state index in [1.807, 2.05) is 37.3 Å². The second-order valence-electron chi connectivity index (χ2n) is 7.73. The molecule has 0 spiro atoms. The summed E-state index contributed by atoms with van der Waals surface area (Å²) in [5.74, 6) is -0.0492. The number of rotatable bonds is 9. The molecule has 1 heterocycles. The van der Waals surface area contributed by atoms with Crippen molar-refractivity contribution in [3.8, 4) is 5.75 Å². The number of carbonyl (C=O) groups is 1. The zero-order chi connectivity index (χ0) is 22.3. The van der Waals surface area contributed by atoms with Crippen molar-refractivity contribution in [1.29, 1.82) is 0 Å². The summed E-state index contributed by atoms with van der Waals surface area (Å²) in [5.41, 5.74) is 1.34. The first-order chi connectivity index (χ1) is 14.9. The normalized spacial score (nSPS) is 17.2. The Balaban J connectivity index is 1.64. The lowest BCUT2D eigenvalue weighted by molar-refractivity contribution is 0.0953. The summed E-state index contributed by atoms with van der Waals surface area (Å²) < 4.78 is 33.4. The van der Waals surface area contributed by atoms with E-state index in [4.69, 9.17) is 4.74 Å². The number of amides is 1. The predicted molar refractivity (Wildman–Crippen MR) is 122 cm³/mol. The number of nitrogens with zero attached hydrogens (tertiary/aromatic N) is 1. The minimum Gasteiger partial charge on any atom is -0.495 e. The molecule has 168 valence electrons. The Morgan fingerprint density at radius 2 is 1.90 bits per heavy atom. The van der Waals surface area contributed by atoms with Crippen LogP contribution in [0.3, 0.4) is 0 Å². The molecule has 2 N–H and O–H groups in total. The van der Waals surface area contributed by atoms with Crippen LogP contribution in [0.4, 0.5) is 5.69 Å². The molecule has 1 amide bonds. The molecule has 0 bridgehead atoms. The van der Waals surface area contributed by atoms with Gasteiger partial charge >= 0.3 is 0 Å². The second kappa shape index (κ2) is 10.6. The smallest absolute Gasteiger partial charge is 0.251 e. The number of benzene rings is 2. The van der Waals surface area contributed by atoms with Crippen LogP contribution in [0.15, 0.2) is 53.4 Å². The van der Waals surface area contributed by atoms with Crippen LogP contribution in [0.5, 0.6) is 5.75 Å². The number of piperidine rings is 1. The molecular weight excluding hydrogens is 414 g/mol. The number of hydrogen-bond acceptors (Lipinski definition) is 5. The van der Waals surface area contributed by atoms with Gasteiger partial charge in [0.1, 0.15) is 10.6 Å². The average Bonchev–Trinajstić information content (AvgIpc) is 2.79. The van der Waals surface area contributed by atoms with Crippen LogP contribution in [0.25, 0.3) is 0 Å². The Bertz CT molecular complexity index is 980. The molecule has 0 radical (unpaired) electrons. The molecule has 1 atom stereocenters. The van der Waals surface area contributed by atoms with Crippen molar-refractivity contribution >= 4 is 21.6 Å². The van der Waals surface area contributed by atoms with Gasteiger partial charge in [-0.2, -0.15) is 4.31 Å². The lowest BCUT2D eigenvalue weighted by Crippen LogP contribution is -2.42. The highest BCUT2D eigenvalue weighted by molar-refractivity contribution is 7.89. The second-order valence-corrected chi connectivity index (χ2v) is 9.59. The Morgan fingerprint density at radius 1 is 1.13 bits per heavy atom. The Morgan fingerprint density at radius 3 is 2.61 bits per heavy atom. The number of ether oxygens (including phenoxy) is 1. The van der Waals surface area contributed by atoms with Gasteiger partial charge in [-0.05, 0) is 56.5 Å². The molecule has 3 rings (SSSR count). The van der Waals surface area contributed by atoms with Crippen LogP contribution in [0, 0.1) is 0 Å². The highest BCUT2D eigenvalue weighted by atomic mass is 32.2. The summed E-state index contributed by atoms with van der Waals surface area (Å²) in [5, 5.41) is 6.15. The largest absolute Gasteiger partial charge is 0.495 e. The van der Waals surface area contributed by atoms with Crippen molar-refractivity contribution in [1.82, 2.24) is 9.62 Å². The van der Waals surface area contributed by atoms with Gasteiger partial charge in [0.25, 0.3) is 5.91 Å². The summed E-state index contributed by atoms with van der Waals surface area (Å²) in [4.78, 5) is 12.7. The maximum absolute atomic E-state index is 13.3. The number of hydrogen-bond donors (Lipinski definition) is 2. The molecule has 2 aromatic rings. The summed E-state index contributed by atoms with van der Waals surface area (Å²) in [6, 6.07) is 14.4. The van der Waals surface area contributed by atoms with Crippen molar-refractivity contribution < 1.29 is 17.9 Å². The Kier molecular flexibility index (Phi) is 7.92. The SMILES string of the molecule is COc1ccc(C(=O)NCCCNc2ccccc2)cc1S(=O)(=O)N1CCCCC1C. The van der Waals surface area contributed by atoms with Crippen LogP contribution in [0.1, 0.15) is 43.0 Å². The van der Waals surface area contributed by atoms with E-state index >= 15 is 0 Å². The van der Waals surface area contributed by atoms with E-state index in [9.17, 15) is 13.2 Å². The van der Waals surface area contributed by atoms with Gasteiger partial charge in [0, 0.05) is 36.9 Å². The number of nitrogens with one attached hydrogen (secondary N) is 2. The van der Waals surface area contributed by atoms with Gasteiger partial charge in [0.15, 0.2) is 0 Å². The number of para-hydroxylation sites is 1. The van der Waals surface area contributed by atoms with Crippen LogP contribution < -0.4 is 15.4 Å². The summed E-state index contributed by atoms with van der Waals surface area (Å²) in [7, 11) is -2.31. The molecule has 0 saturated carbocycles. The Labute approximate surface area is 184 Å². The van der Waals surface area contributed by atoms with Gasteiger partial charge in [-0.1, -0.05) is 24.6 Å². The quantitative estimate of drug-likeness (QED) is 0.577. The maximum Gasteiger partial charge on any atom is 0.251 e. The lowest BCUT2D eigenvalue weighted by atomic mass is 10.1. The topological polar surface area (TPSA) is 87.7 Å². The number of anilines is 1. The molecule has 1 aliphatic rings. The predicted octanol–water partition coefficient (Wildman–Crippen LogP) is 3.49. The first-order valence-electron chi connectivity index (χ1n) is 10.7. The molecule has 1 saturated heterocycles. The van der Waals surface area contributed by atoms with Gasteiger partial charge in [-0.25, -0.2) is 8.42 Å². The fourth-order valence-corrected chi connectivity index (χ4v) is 5.64. The lowest BCUT2D eigenvalue weighted by Gasteiger charge is -2.32. The minimum absolute atomic E-state index is 0.0437. The van der Waals surface area contributed by atoms with Crippen molar-refractivity contribution in [2.24, 2.45) is 0 Å². The third kappa shape index (κ3) is 5.77. The first-order valence-corrected chi connectivity index (χ1v) is 12.1. The number of sulfonamides is 1. The minimum atomic E-state index is -3.75. The third-order valence-electron chi connectivity index (χ3n) is 5.50. The highest BCUT2D eigenvalue weighted by Crippen LogP contribution is 2.31. The van der Waals surface area contributed by atoms with E-state index in [2.05, 4.69) is 10.6 Å². The van der Waals surface area contributed by atoms with Crippen molar-refractivity contribution in [2.45, 2.75) is 43.5 Å². The van der Waals surface area contributed by atoms with Crippen LogP contribution in [0.2, 0.25) is 0 Å². The van der Waals surface area contributed by atoms with Crippen LogP contribution in [-0.4, -0.2) is 51.4 Å². The summed E-state index contributed by atoms with van der Waals surface area (Å²) in [6.45, 7) is 3.61. The monoisotopic (exact) mass is 445 g/mol. The molecule has 31 heavy (non-hydrogen) atoms. The molecule has 0 aliphatic carbocycles. The van der Waals surface area contributed by atoms with Crippen LogP contribution in [-0.2, 0) is 10.0 Å². The van der Waals surface area contributed by atoms with E-state index in [0.717, 1.165) is 37.9 Å². The molecule has 8 heteroatoms. The standard InChI is InChI=1S/C23H31N3O4S/c1-18-9-6-7-16-26(18)31(28,29)22-17-19(12-13-21(22)30-2)23(27)25-15-8-14-24-20-10-4-3-5-11-20/h3-5,10-13,17-18,24H,6-9,14-16H2,1-2H3,(H,25,27). The fraction of sp³-hybridized carbons (Fsp3) is 0.435. The van der Waals surface area contributed by atoms with E-state index < -0.39 is 10.0 Å². The van der Waals surface area contributed by atoms with E-state index in [1.165, 1.54) is 17.5 Å². The highest BCUT2D eigenvalue weighted by Gasteiger charge is 2.33. The van der Waals surface area contributed by atoms with Crippen LogP contribution >= 0.6 is 0 Å². The molecule has 0 aromatic heterocycles. The zero-order valence-electron chi connectivity index (χ0n) is 18.1. The van der Waals surface area contributed by atoms with E-state index in [-0.39, 0.29) is 22.6 Å². The van der Waals surface area contributed by atoms with Crippen molar-refractivity contribution in [3.05, 3.63) is 54.1 Å². The zero-order valence-corrected chi connectivity index (χ0v) is 19.0. The molecular formula is C23H31N3O4S. The summed E-state index contributed by atoms with van der Waals surface area (Å²) in [6.07, 6.45) is 3.43. The van der Waals surface area contributed by atoms with Gasteiger partial charge in [0.2, 0.25) is 10.0 Å². The average molecular weight is 446 g/mol. The number of carbonyl (C=O) groups excluding carboxylic acids is 1. The molecule has 1 unspecified atom stereocenters. The molecule has 1 aliphatic heterocycles. The van der Waals surface area contributed by atoms with Crippen molar-refractivity contribution in [3.63, 3.8) is 0 Å². The Hall–Kier alpha value is -2.58. The summed E-state index contributed by atoms with van der Waals surface area (Å²) >= 11 is 0. The molecule has 2 aromatic carbocycles. The van der Waals surface area contributed by atoms with Gasteiger partial charge in [-0.15, -0.1) is 0 Å². The molecule has 1 fully saturated rings. The third-order valence-corrected chi connectivity index (χ3v) is 7.53. The van der Waals surface area contributed by atoms with Gasteiger partial charge in [0.05, 0.1) is 7.11 Å².